The van der Waals surface area contributed by atoms with E-state index in [0.717, 1.165) is 6.42 Å². The summed E-state index contributed by atoms with van der Waals surface area (Å²) in [5.41, 5.74) is -0.178. The maximum Gasteiger partial charge on any atom is 0.321 e. The zero-order valence-electron chi connectivity index (χ0n) is 16.8. The Balaban J connectivity index is 1.45. The topological polar surface area (TPSA) is 62.3 Å². The van der Waals surface area contributed by atoms with Gasteiger partial charge in [-0.3, -0.25) is 4.79 Å². The molecule has 1 spiro atoms. The minimum absolute atomic E-state index is 0.0337. The second-order valence-electron chi connectivity index (χ2n) is 8.10. The van der Waals surface area contributed by atoms with Crippen molar-refractivity contribution < 1.29 is 23.5 Å². The first-order valence-corrected chi connectivity index (χ1v) is 10.2. The van der Waals surface area contributed by atoms with Crippen molar-refractivity contribution >= 4 is 11.9 Å². The van der Waals surface area contributed by atoms with Crippen molar-refractivity contribution in [1.82, 2.24) is 14.7 Å². The molecule has 3 aliphatic heterocycles. The molecule has 1 unspecified atom stereocenters. The van der Waals surface area contributed by atoms with Crippen LogP contribution in [-0.2, 0) is 9.47 Å². The number of methoxy groups -OCH3 is 1. The molecule has 3 amide bonds. The normalized spacial score (nSPS) is 25.4. The summed E-state index contributed by atoms with van der Waals surface area (Å²) in [5, 5.41) is 0. The summed E-state index contributed by atoms with van der Waals surface area (Å²) in [5.74, 6) is -0.778. The highest BCUT2D eigenvalue weighted by Crippen LogP contribution is 2.38. The van der Waals surface area contributed by atoms with Crippen LogP contribution in [0.3, 0.4) is 0 Å². The Morgan fingerprint density at radius 2 is 2.07 bits per heavy atom. The Morgan fingerprint density at radius 1 is 1.31 bits per heavy atom. The molecule has 8 heteroatoms. The molecule has 1 aromatic carbocycles. The highest BCUT2D eigenvalue weighted by atomic mass is 19.1. The van der Waals surface area contributed by atoms with Crippen molar-refractivity contribution in [3.63, 3.8) is 0 Å². The van der Waals surface area contributed by atoms with Crippen molar-refractivity contribution in [3.8, 4) is 0 Å². The lowest BCUT2D eigenvalue weighted by Gasteiger charge is -2.42. The van der Waals surface area contributed by atoms with Crippen LogP contribution >= 0.6 is 0 Å². The Labute approximate surface area is 170 Å². The van der Waals surface area contributed by atoms with E-state index in [1.807, 2.05) is 9.80 Å². The van der Waals surface area contributed by atoms with E-state index in [0.29, 0.717) is 58.8 Å². The third kappa shape index (κ3) is 3.71. The maximum absolute atomic E-state index is 14.0. The number of halogens is 1. The van der Waals surface area contributed by atoms with Crippen LogP contribution in [0.15, 0.2) is 24.3 Å². The van der Waals surface area contributed by atoms with E-state index < -0.39 is 5.82 Å². The van der Waals surface area contributed by atoms with Gasteiger partial charge in [-0.25, -0.2) is 9.18 Å². The van der Waals surface area contributed by atoms with Crippen molar-refractivity contribution in [2.24, 2.45) is 0 Å². The number of urea groups is 1. The summed E-state index contributed by atoms with van der Waals surface area (Å²) in [6.45, 7) is 3.96. The van der Waals surface area contributed by atoms with Gasteiger partial charge in [0, 0.05) is 45.9 Å². The highest BCUT2D eigenvalue weighted by Gasteiger charge is 2.54. The number of nitrogens with zero attached hydrogens (tertiary/aromatic N) is 3. The average molecular weight is 405 g/mol. The van der Waals surface area contributed by atoms with Gasteiger partial charge in [-0.2, -0.15) is 0 Å². The fourth-order valence-corrected chi connectivity index (χ4v) is 4.82. The molecule has 0 saturated carbocycles. The molecule has 3 saturated heterocycles. The van der Waals surface area contributed by atoms with E-state index >= 15 is 0 Å². The molecule has 158 valence electrons. The van der Waals surface area contributed by atoms with Crippen LogP contribution in [0.5, 0.6) is 0 Å². The second-order valence-corrected chi connectivity index (χ2v) is 8.10. The van der Waals surface area contributed by atoms with Crippen LogP contribution in [0.2, 0.25) is 0 Å². The molecule has 29 heavy (non-hydrogen) atoms. The number of carbonyl (C=O) groups is 2. The fraction of sp³-hybridized carbons (Fsp3) is 0.619. The number of hydrogen-bond donors (Lipinski definition) is 0. The van der Waals surface area contributed by atoms with Crippen molar-refractivity contribution in [3.05, 3.63) is 35.6 Å². The van der Waals surface area contributed by atoms with E-state index in [2.05, 4.69) is 0 Å². The second kappa shape index (κ2) is 8.28. The first-order valence-electron chi connectivity index (χ1n) is 10.2. The van der Waals surface area contributed by atoms with Gasteiger partial charge in [-0.1, -0.05) is 12.1 Å². The summed E-state index contributed by atoms with van der Waals surface area (Å²) in [6.07, 6.45) is 2.20. The minimum Gasteiger partial charge on any atom is -0.383 e. The molecule has 0 radical (unpaired) electrons. The van der Waals surface area contributed by atoms with Gasteiger partial charge in [0.15, 0.2) is 0 Å². The number of ether oxygens (including phenoxy) is 2. The molecule has 1 aromatic rings. The molecule has 7 nitrogen and oxygen atoms in total. The molecule has 3 fully saturated rings. The molecule has 4 rings (SSSR count). The predicted molar refractivity (Wildman–Crippen MR) is 104 cm³/mol. The Kier molecular flexibility index (Phi) is 5.74. The van der Waals surface area contributed by atoms with Crippen LogP contribution < -0.4 is 0 Å². The Hall–Kier alpha value is -2.19. The highest BCUT2D eigenvalue weighted by molar-refractivity contribution is 5.94. The lowest BCUT2D eigenvalue weighted by Crippen LogP contribution is -2.56. The van der Waals surface area contributed by atoms with Crippen LogP contribution in [-0.4, -0.2) is 91.3 Å². The first kappa shape index (κ1) is 20.1. The molecule has 0 bridgehead atoms. The van der Waals surface area contributed by atoms with E-state index in [9.17, 15) is 14.0 Å². The largest absolute Gasteiger partial charge is 0.383 e. The van der Waals surface area contributed by atoms with Crippen molar-refractivity contribution in [1.29, 1.82) is 0 Å². The molecule has 3 heterocycles. The monoisotopic (exact) mass is 405 g/mol. The van der Waals surface area contributed by atoms with Gasteiger partial charge in [-0.05, 0) is 31.4 Å². The summed E-state index contributed by atoms with van der Waals surface area (Å²) in [4.78, 5) is 31.4. The molecule has 3 aliphatic rings. The molecule has 0 aromatic heterocycles. The van der Waals surface area contributed by atoms with E-state index in [-0.39, 0.29) is 29.1 Å². The average Bonchev–Trinajstić information content (AvgIpc) is 3.31. The van der Waals surface area contributed by atoms with Crippen molar-refractivity contribution in [2.75, 3.05) is 53.1 Å². The SMILES string of the molecule is COCCN1CC2(CCOC2)N(C2CCN(C(=O)c3ccccc3F)CC2)C1=O. The summed E-state index contributed by atoms with van der Waals surface area (Å²) in [7, 11) is 1.63. The van der Waals surface area contributed by atoms with Gasteiger partial charge in [-0.15, -0.1) is 0 Å². The number of hydrogen-bond acceptors (Lipinski definition) is 4. The zero-order valence-corrected chi connectivity index (χ0v) is 16.8. The summed E-state index contributed by atoms with van der Waals surface area (Å²) >= 11 is 0. The number of rotatable bonds is 5. The van der Waals surface area contributed by atoms with Crippen LogP contribution in [0.25, 0.3) is 0 Å². The van der Waals surface area contributed by atoms with E-state index in [4.69, 9.17) is 9.47 Å². The molecular weight excluding hydrogens is 377 g/mol. The number of carbonyl (C=O) groups excluding carboxylic acids is 2. The van der Waals surface area contributed by atoms with Crippen LogP contribution in [0, 0.1) is 5.82 Å². The van der Waals surface area contributed by atoms with Gasteiger partial charge >= 0.3 is 6.03 Å². The Morgan fingerprint density at radius 3 is 2.72 bits per heavy atom. The molecular formula is C21H28FN3O4. The van der Waals surface area contributed by atoms with Crippen LogP contribution in [0.4, 0.5) is 9.18 Å². The number of piperidine rings is 1. The van der Waals surface area contributed by atoms with E-state index in [1.165, 1.54) is 12.1 Å². The van der Waals surface area contributed by atoms with Gasteiger partial charge in [0.2, 0.25) is 0 Å². The summed E-state index contributed by atoms with van der Waals surface area (Å²) < 4.78 is 24.8. The van der Waals surface area contributed by atoms with Gasteiger partial charge in [0.25, 0.3) is 5.91 Å². The lowest BCUT2D eigenvalue weighted by molar-refractivity contribution is 0.0496. The number of benzene rings is 1. The third-order valence-corrected chi connectivity index (χ3v) is 6.34. The number of amides is 3. The molecule has 0 N–H and O–H groups in total. The van der Waals surface area contributed by atoms with Crippen LogP contribution in [0.1, 0.15) is 29.6 Å². The standard InChI is InChI=1S/C21H28FN3O4/c1-28-13-11-24-14-21(8-12-29-15-21)25(20(24)27)16-6-9-23(10-7-16)19(26)17-4-2-3-5-18(17)22/h2-5,16H,6-15H2,1H3. The van der Waals surface area contributed by atoms with Gasteiger partial charge in [0.1, 0.15) is 5.82 Å². The van der Waals surface area contributed by atoms with E-state index in [1.54, 1.807) is 24.1 Å². The smallest absolute Gasteiger partial charge is 0.321 e. The molecule has 0 aliphatic carbocycles. The predicted octanol–water partition coefficient (Wildman–Crippen LogP) is 1.97. The fourth-order valence-electron chi connectivity index (χ4n) is 4.82. The minimum atomic E-state index is -0.495. The molecule has 1 atom stereocenters. The van der Waals surface area contributed by atoms with Gasteiger partial charge in [0.05, 0.1) is 24.3 Å². The van der Waals surface area contributed by atoms with Gasteiger partial charge < -0.3 is 24.2 Å². The zero-order chi connectivity index (χ0) is 20.4. The third-order valence-electron chi connectivity index (χ3n) is 6.34. The first-order chi connectivity index (χ1) is 14.1. The maximum atomic E-state index is 14.0. The van der Waals surface area contributed by atoms with Crippen molar-refractivity contribution in [2.45, 2.75) is 30.8 Å². The summed E-state index contributed by atoms with van der Waals surface area (Å²) in [6, 6.07) is 6.17. The quantitative estimate of drug-likeness (QED) is 0.752. The number of likely N-dealkylation sites (tertiary alicyclic amines) is 1. The Bertz CT molecular complexity index is 760. The lowest BCUT2D eigenvalue weighted by atomic mass is 9.92.